The van der Waals surface area contributed by atoms with Crippen LogP contribution in [-0.2, 0) is 22.6 Å². The molecule has 2 atom stereocenters. The number of benzene rings is 1. The van der Waals surface area contributed by atoms with E-state index in [2.05, 4.69) is 0 Å². The number of hydrogen-bond acceptors (Lipinski definition) is 2. The standard InChI is InChI=1S/C19H14Cl3F7O2/c1-18(2)10(4-11(22)19(27,28)29)12(18)17(30)31-6-9-15(25)13(23)8(3-7(21)5-20)14(24)16(9)26/h4-5,10,12H,3,6H2,1-2H3/b7-5+,11-4-/t10-,12+/m0/s1. The van der Waals surface area contributed by atoms with Gasteiger partial charge in [0.15, 0.2) is 23.3 Å². The lowest BCUT2D eigenvalue weighted by atomic mass is 10.1. The van der Waals surface area contributed by atoms with Crippen molar-refractivity contribution in [1.82, 2.24) is 0 Å². The number of hydrogen-bond donors (Lipinski definition) is 0. The summed E-state index contributed by atoms with van der Waals surface area (Å²) >= 11 is 16.0. The van der Waals surface area contributed by atoms with Gasteiger partial charge in [-0.2, -0.15) is 13.2 Å². The lowest BCUT2D eigenvalue weighted by Gasteiger charge is -2.12. The molecule has 0 heterocycles. The second-order valence-electron chi connectivity index (χ2n) is 7.39. The van der Waals surface area contributed by atoms with Crippen LogP contribution >= 0.6 is 34.8 Å². The number of rotatable bonds is 6. The minimum atomic E-state index is -4.81. The summed E-state index contributed by atoms with van der Waals surface area (Å²) in [5.74, 6) is -10.2. The molecule has 2 nitrogen and oxygen atoms in total. The third-order valence-electron chi connectivity index (χ3n) is 5.03. The maximum Gasteiger partial charge on any atom is 0.426 e. The molecular formula is C19H14Cl3F7O2. The lowest BCUT2D eigenvalue weighted by Crippen LogP contribution is -2.15. The van der Waals surface area contributed by atoms with Crippen LogP contribution in [0.4, 0.5) is 30.7 Å². The number of carbonyl (C=O) groups is 1. The van der Waals surface area contributed by atoms with Gasteiger partial charge in [-0.25, -0.2) is 17.6 Å². The number of allylic oxidation sites excluding steroid dienone is 3. The van der Waals surface area contributed by atoms with Crippen LogP contribution in [0.15, 0.2) is 21.7 Å². The van der Waals surface area contributed by atoms with E-state index in [-0.39, 0.29) is 5.03 Å². The van der Waals surface area contributed by atoms with E-state index in [1.807, 2.05) is 0 Å². The van der Waals surface area contributed by atoms with Gasteiger partial charge in [-0.15, -0.1) is 0 Å². The van der Waals surface area contributed by atoms with Crippen LogP contribution in [0.3, 0.4) is 0 Å². The van der Waals surface area contributed by atoms with Crippen LogP contribution in [0, 0.1) is 40.5 Å². The fourth-order valence-corrected chi connectivity index (χ4v) is 3.48. The molecule has 1 aromatic rings. The molecular weight excluding hydrogens is 500 g/mol. The van der Waals surface area contributed by atoms with Gasteiger partial charge in [-0.3, -0.25) is 4.79 Å². The van der Waals surface area contributed by atoms with E-state index >= 15 is 0 Å². The second kappa shape index (κ2) is 9.19. The minimum absolute atomic E-state index is 0.287. The predicted octanol–water partition coefficient (Wildman–Crippen LogP) is 7.10. The first-order valence-electron chi connectivity index (χ1n) is 8.54. The average molecular weight is 514 g/mol. The first-order valence-corrected chi connectivity index (χ1v) is 9.73. The Balaban J connectivity index is 2.21. The third-order valence-corrected chi connectivity index (χ3v) is 5.99. The van der Waals surface area contributed by atoms with Crippen molar-refractivity contribution in [3.63, 3.8) is 0 Å². The van der Waals surface area contributed by atoms with Crippen molar-refractivity contribution in [2.45, 2.75) is 33.1 Å². The Morgan fingerprint density at radius 1 is 1.03 bits per heavy atom. The van der Waals surface area contributed by atoms with E-state index in [0.717, 1.165) is 5.54 Å². The fraction of sp³-hybridized carbons (Fsp3) is 0.421. The van der Waals surface area contributed by atoms with Crippen LogP contribution < -0.4 is 0 Å². The summed E-state index contributed by atoms with van der Waals surface area (Å²) in [5.41, 5.74) is -2.43. The molecule has 0 spiro atoms. The molecule has 1 aliphatic carbocycles. The summed E-state index contributed by atoms with van der Waals surface area (Å²) in [6, 6.07) is 0. The molecule has 0 N–H and O–H groups in total. The smallest absolute Gasteiger partial charge is 0.426 e. The maximum atomic E-state index is 14.2. The van der Waals surface area contributed by atoms with E-state index in [1.165, 1.54) is 13.8 Å². The SMILES string of the molecule is CC1(C)[C@@H](/C=C(\Cl)C(F)(F)F)[C@@H]1C(=O)OCc1c(F)c(F)c(C/C(Cl)=C\Cl)c(F)c1F. The summed E-state index contributed by atoms with van der Waals surface area (Å²) < 4.78 is 99.3. The molecule has 0 amide bonds. The zero-order chi connectivity index (χ0) is 23.9. The van der Waals surface area contributed by atoms with Crippen molar-refractivity contribution in [2.75, 3.05) is 0 Å². The largest absolute Gasteiger partial charge is 0.460 e. The highest BCUT2D eigenvalue weighted by molar-refractivity contribution is 6.36. The molecule has 1 saturated carbocycles. The first-order chi connectivity index (χ1) is 14.1. The van der Waals surface area contributed by atoms with E-state index in [4.69, 9.17) is 39.5 Å². The zero-order valence-corrected chi connectivity index (χ0v) is 18.1. The zero-order valence-electron chi connectivity index (χ0n) is 15.8. The van der Waals surface area contributed by atoms with Gasteiger partial charge in [0.05, 0.1) is 11.5 Å². The molecule has 172 valence electrons. The number of carbonyl (C=O) groups excluding carboxylic acids is 1. The number of alkyl halides is 3. The molecule has 0 unspecified atom stereocenters. The number of halogens is 10. The molecule has 0 radical (unpaired) electrons. The number of ether oxygens (including phenoxy) is 1. The Labute approximate surface area is 187 Å². The Kier molecular flexibility index (Phi) is 7.65. The van der Waals surface area contributed by atoms with Gasteiger partial charge >= 0.3 is 12.1 Å². The van der Waals surface area contributed by atoms with Crippen molar-refractivity contribution >= 4 is 40.8 Å². The Bertz CT molecular complexity index is 926. The van der Waals surface area contributed by atoms with Crippen LogP contribution in [0.2, 0.25) is 0 Å². The lowest BCUT2D eigenvalue weighted by molar-refractivity contribution is -0.147. The highest BCUT2D eigenvalue weighted by Gasteiger charge is 2.62. The van der Waals surface area contributed by atoms with Crippen molar-refractivity contribution in [3.05, 3.63) is 56.1 Å². The van der Waals surface area contributed by atoms with E-state index in [9.17, 15) is 35.5 Å². The minimum Gasteiger partial charge on any atom is -0.460 e. The summed E-state index contributed by atoms with van der Waals surface area (Å²) in [6.07, 6.45) is -4.88. The summed E-state index contributed by atoms with van der Waals surface area (Å²) in [5, 5.41) is -1.72. The molecule has 1 aromatic carbocycles. The molecule has 12 heteroatoms. The van der Waals surface area contributed by atoms with Gasteiger partial charge < -0.3 is 4.74 Å². The third kappa shape index (κ3) is 5.31. The maximum absolute atomic E-state index is 14.2. The average Bonchev–Trinajstić information content (AvgIpc) is 3.22. The van der Waals surface area contributed by atoms with Crippen LogP contribution in [0.1, 0.15) is 25.0 Å². The van der Waals surface area contributed by atoms with E-state index in [1.54, 1.807) is 0 Å². The van der Waals surface area contributed by atoms with Gasteiger partial charge in [0.1, 0.15) is 11.6 Å². The molecule has 2 rings (SSSR count). The Morgan fingerprint density at radius 3 is 1.97 bits per heavy atom. The van der Waals surface area contributed by atoms with Crippen molar-refractivity contribution in [2.24, 2.45) is 17.3 Å². The molecule has 1 aliphatic rings. The highest BCUT2D eigenvalue weighted by Crippen LogP contribution is 2.60. The quantitative estimate of drug-likeness (QED) is 0.230. The molecule has 0 aromatic heterocycles. The monoisotopic (exact) mass is 512 g/mol. The second-order valence-corrected chi connectivity index (χ2v) is 8.50. The topological polar surface area (TPSA) is 26.3 Å². The summed E-state index contributed by atoms with van der Waals surface area (Å²) in [6.45, 7) is 1.74. The highest BCUT2D eigenvalue weighted by atomic mass is 35.5. The van der Waals surface area contributed by atoms with E-state index < -0.39 is 81.9 Å². The molecule has 1 fully saturated rings. The van der Waals surface area contributed by atoms with Gasteiger partial charge in [0, 0.05) is 22.6 Å². The van der Waals surface area contributed by atoms with Crippen LogP contribution in [0.25, 0.3) is 0 Å². The fourth-order valence-electron chi connectivity index (χ4n) is 3.14. The molecule has 0 bridgehead atoms. The van der Waals surface area contributed by atoms with Gasteiger partial charge in [-0.05, 0) is 11.3 Å². The molecule has 0 saturated heterocycles. The molecule has 0 aliphatic heterocycles. The predicted molar refractivity (Wildman–Crippen MR) is 100 cm³/mol. The Hall–Kier alpha value is -1.45. The summed E-state index contributed by atoms with van der Waals surface area (Å²) in [7, 11) is 0. The normalized spacial score (nSPS) is 21.3. The Morgan fingerprint density at radius 2 is 1.52 bits per heavy atom. The molecule has 31 heavy (non-hydrogen) atoms. The van der Waals surface area contributed by atoms with Crippen molar-refractivity contribution in [1.29, 1.82) is 0 Å². The summed E-state index contributed by atoms with van der Waals surface area (Å²) in [4.78, 5) is 12.2. The first kappa shape index (κ1) is 25.8. The van der Waals surface area contributed by atoms with Crippen LogP contribution in [0.5, 0.6) is 0 Å². The van der Waals surface area contributed by atoms with Crippen molar-refractivity contribution in [3.8, 4) is 0 Å². The van der Waals surface area contributed by atoms with Crippen LogP contribution in [-0.4, -0.2) is 12.1 Å². The van der Waals surface area contributed by atoms with Crippen molar-refractivity contribution < 1.29 is 40.3 Å². The van der Waals surface area contributed by atoms with Gasteiger partial charge in [0.2, 0.25) is 0 Å². The van der Waals surface area contributed by atoms with Gasteiger partial charge in [0.25, 0.3) is 0 Å². The van der Waals surface area contributed by atoms with E-state index in [0.29, 0.717) is 6.08 Å². The number of esters is 1. The van der Waals surface area contributed by atoms with Gasteiger partial charge in [-0.1, -0.05) is 54.7 Å².